The van der Waals surface area contributed by atoms with Crippen molar-refractivity contribution < 1.29 is 18.0 Å². The maximum Gasteiger partial charge on any atom is 0.279 e. The van der Waals surface area contributed by atoms with Gasteiger partial charge in [-0.2, -0.15) is 12.7 Å². The fraction of sp³-hybridized carbons (Fsp3) is 0.545. The van der Waals surface area contributed by atoms with E-state index in [4.69, 9.17) is 0 Å². The molecule has 0 radical (unpaired) electrons. The summed E-state index contributed by atoms with van der Waals surface area (Å²) < 4.78 is 27.7. The van der Waals surface area contributed by atoms with Gasteiger partial charge in [-0.05, 0) is 67.9 Å². The third-order valence-corrected chi connectivity index (χ3v) is 7.84. The van der Waals surface area contributed by atoms with Gasteiger partial charge in [-0.25, -0.2) is 4.72 Å². The number of rotatable bonds is 3. The van der Waals surface area contributed by atoms with E-state index in [1.165, 1.54) is 11.4 Å². The number of nitrogens with zero attached hydrogens (tertiary/aromatic N) is 1. The molecule has 2 aliphatic rings. The Morgan fingerprint density at radius 2 is 1.59 bits per heavy atom. The minimum absolute atomic E-state index is 0.0494. The summed E-state index contributed by atoms with van der Waals surface area (Å²) in [5.41, 5.74) is 3.11. The summed E-state index contributed by atoms with van der Waals surface area (Å²) in [6.45, 7) is 6.29. The first-order valence-corrected chi connectivity index (χ1v) is 11.3. The van der Waals surface area contributed by atoms with Crippen LogP contribution in [-0.4, -0.2) is 44.4 Å². The van der Waals surface area contributed by atoms with Crippen molar-refractivity contribution in [1.29, 1.82) is 0 Å². The smallest absolute Gasteiger partial charge is 0.279 e. The zero-order chi connectivity index (χ0) is 21.4. The summed E-state index contributed by atoms with van der Waals surface area (Å²) in [5.74, 6) is 5.09. The topological polar surface area (TPSA) is 83.6 Å². The number of Topliss-reactive ketones (excluding diaryl/α,β-unsaturated/α-hetero) is 2. The molecule has 29 heavy (non-hydrogen) atoms. The normalized spacial score (nSPS) is 20.6. The molecule has 0 amide bonds. The molecule has 1 aromatic carbocycles. The molecular formula is C22H28N2O4S. The summed E-state index contributed by atoms with van der Waals surface area (Å²) >= 11 is 0. The lowest BCUT2D eigenvalue weighted by Crippen LogP contribution is -2.50. The lowest BCUT2D eigenvalue weighted by Gasteiger charge is -2.44. The quantitative estimate of drug-likeness (QED) is 0.605. The molecular weight excluding hydrogens is 388 g/mol. The average molecular weight is 417 g/mol. The van der Waals surface area contributed by atoms with E-state index >= 15 is 0 Å². The number of nitrogens with one attached hydrogen (secondary N) is 1. The number of benzene rings is 1. The molecule has 1 aliphatic heterocycles. The van der Waals surface area contributed by atoms with Crippen molar-refractivity contribution in [3.05, 3.63) is 34.4 Å². The Morgan fingerprint density at radius 3 is 2.03 bits per heavy atom. The number of carbonyl (C=O) groups is 2. The van der Waals surface area contributed by atoms with Crippen LogP contribution in [0.15, 0.2) is 12.1 Å². The summed E-state index contributed by atoms with van der Waals surface area (Å²) in [6, 6.07) is 3.87. The van der Waals surface area contributed by atoms with Crippen molar-refractivity contribution in [2.45, 2.75) is 52.4 Å². The minimum Gasteiger partial charge on any atom is -0.299 e. The molecule has 156 valence electrons. The number of ketones is 2. The summed E-state index contributed by atoms with van der Waals surface area (Å²) in [4.78, 5) is 26.3. The van der Waals surface area contributed by atoms with E-state index in [0.717, 1.165) is 22.3 Å². The molecule has 3 rings (SSSR count). The van der Waals surface area contributed by atoms with Gasteiger partial charge in [-0.1, -0.05) is 5.92 Å². The predicted molar refractivity (Wildman–Crippen MR) is 112 cm³/mol. The molecule has 1 N–H and O–H groups in total. The van der Waals surface area contributed by atoms with E-state index in [-0.39, 0.29) is 11.6 Å². The van der Waals surface area contributed by atoms with Gasteiger partial charge >= 0.3 is 0 Å². The number of hydrogen-bond donors (Lipinski definition) is 1. The lowest BCUT2D eigenvalue weighted by molar-refractivity contribution is -0.138. The molecule has 0 unspecified atom stereocenters. The van der Waals surface area contributed by atoms with Gasteiger partial charge in [0.2, 0.25) is 0 Å². The van der Waals surface area contributed by atoms with Gasteiger partial charge in [-0.15, -0.1) is 5.92 Å². The number of carbonyl (C=O) groups excluding carboxylic acids is 2. The van der Waals surface area contributed by atoms with Crippen LogP contribution in [0.3, 0.4) is 0 Å². The number of piperidine rings is 1. The van der Waals surface area contributed by atoms with E-state index in [1.54, 1.807) is 6.92 Å². The first-order valence-electron chi connectivity index (χ1n) is 9.90. The third-order valence-electron chi connectivity index (χ3n) is 6.28. The molecule has 1 saturated carbocycles. The van der Waals surface area contributed by atoms with E-state index in [2.05, 4.69) is 16.6 Å². The van der Waals surface area contributed by atoms with Crippen LogP contribution in [0.4, 0.5) is 0 Å². The van der Waals surface area contributed by atoms with Gasteiger partial charge in [0.05, 0.1) is 0 Å². The van der Waals surface area contributed by atoms with Crippen LogP contribution >= 0.6 is 0 Å². The van der Waals surface area contributed by atoms with Crippen LogP contribution in [0.1, 0.15) is 60.8 Å². The van der Waals surface area contributed by atoms with Crippen molar-refractivity contribution in [3.63, 3.8) is 0 Å². The first kappa shape index (κ1) is 21.7. The maximum absolute atomic E-state index is 13.1. The third kappa shape index (κ3) is 4.16. The highest BCUT2D eigenvalue weighted by molar-refractivity contribution is 7.87. The molecule has 0 bridgehead atoms. The van der Waals surface area contributed by atoms with E-state index in [1.807, 2.05) is 26.0 Å². The molecule has 6 nitrogen and oxygen atoms in total. The molecule has 7 heteroatoms. The van der Waals surface area contributed by atoms with Crippen LogP contribution < -0.4 is 4.72 Å². The highest BCUT2D eigenvalue weighted by Gasteiger charge is 2.48. The van der Waals surface area contributed by atoms with Crippen LogP contribution in [-0.2, 0) is 19.8 Å². The Balaban J connectivity index is 1.83. The highest BCUT2D eigenvalue weighted by atomic mass is 32.2. The van der Waals surface area contributed by atoms with Crippen molar-refractivity contribution in [1.82, 2.24) is 9.03 Å². The van der Waals surface area contributed by atoms with Crippen LogP contribution in [0.5, 0.6) is 0 Å². The Kier molecular flexibility index (Phi) is 6.00. The van der Waals surface area contributed by atoms with E-state index in [9.17, 15) is 18.0 Å². The fourth-order valence-corrected chi connectivity index (χ4v) is 5.76. The van der Waals surface area contributed by atoms with Gasteiger partial charge in [0.15, 0.2) is 0 Å². The monoisotopic (exact) mass is 416 g/mol. The Hall–Kier alpha value is -2.01. The molecule has 1 heterocycles. The maximum atomic E-state index is 13.1. The SMILES string of the molecule is CC#Cc1cc(C)c(C2C(=O)CC3(CCN(S(=O)(=O)NC)CC3)CC2=O)c(C)c1. The molecule has 1 spiro atoms. The molecule has 1 aromatic rings. The second-order valence-electron chi connectivity index (χ2n) is 8.23. The van der Waals surface area contributed by atoms with Crippen LogP contribution in [0.2, 0.25) is 0 Å². The largest absolute Gasteiger partial charge is 0.299 e. The molecule has 0 atom stereocenters. The second-order valence-corrected chi connectivity index (χ2v) is 10.1. The zero-order valence-corrected chi connectivity index (χ0v) is 18.3. The van der Waals surface area contributed by atoms with Crippen molar-refractivity contribution in [2.75, 3.05) is 20.1 Å². The Bertz CT molecular complexity index is 966. The van der Waals surface area contributed by atoms with Gasteiger partial charge in [0, 0.05) is 38.5 Å². The molecule has 0 aromatic heterocycles. The number of aryl methyl sites for hydroxylation is 2. The van der Waals surface area contributed by atoms with E-state index in [0.29, 0.717) is 38.8 Å². The summed E-state index contributed by atoms with van der Waals surface area (Å²) in [5, 5.41) is 0. The highest BCUT2D eigenvalue weighted by Crippen LogP contribution is 2.46. The van der Waals surface area contributed by atoms with Gasteiger partial charge in [0.1, 0.15) is 17.5 Å². The lowest BCUT2D eigenvalue weighted by atomic mass is 9.63. The van der Waals surface area contributed by atoms with Crippen molar-refractivity contribution >= 4 is 21.8 Å². The Morgan fingerprint density at radius 1 is 1.07 bits per heavy atom. The second kappa shape index (κ2) is 8.02. The van der Waals surface area contributed by atoms with Gasteiger partial charge < -0.3 is 0 Å². The predicted octanol–water partition coefficient (Wildman–Crippen LogP) is 2.24. The van der Waals surface area contributed by atoms with Crippen LogP contribution in [0.25, 0.3) is 0 Å². The molecule has 1 aliphatic carbocycles. The van der Waals surface area contributed by atoms with Gasteiger partial charge in [0.25, 0.3) is 10.2 Å². The van der Waals surface area contributed by atoms with Crippen LogP contribution in [0, 0.1) is 31.1 Å². The summed E-state index contributed by atoms with van der Waals surface area (Å²) in [7, 11) is -2.09. The van der Waals surface area contributed by atoms with Crippen molar-refractivity contribution in [3.8, 4) is 11.8 Å². The number of hydrogen-bond acceptors (Lipinski definition) is 4. The Labute approximate surface area is 173 Å². The standard InChI is InChI=1S/C22H28N2O4S/c1-5-6-17-11-15(2)20(16(3)12-17)21-18(25)13-22(14-19(21)26)7-9-24(10-8-22)29(27,28)23-4/h11-12,21,23H,7-10,13-14H2,1-4H3. The first-order chi connectivity index (χ1) is 13.6. The van der Waals surface area contributed by atoms with Crippen molar-refractivity contribution in [2.24, 2.45) is 5.41 Å². The summed E-state index contributed by atoms with van der Waals surface area (Å²) in [6.07, 6.45) is 1.71. The fourth-order valence-electron chi connectivity index (χ4n) is 4.84. The van der Waals surface area contributed by atoms with Gasteiger partial charge in [-0.3, -0.25) is 9.59 Å². The average Bonchev–Trinajstić information content (AvgIpc) is 2.64. The minimum atomic E-state index is -3.48. The van der Waals surface area contributed by atoms with E-state index < -0.39 is 21.5 Å². The molecule has 1 saturated heterocycles. The molecule has 2 fully saturated rings. The zero-order valence-electron chi connectivity index (χ0n) is 17.5.